The van der Waals surface area contributed by atoms with Gasteiger partial charge < -0.3 is 9.47 Å². The second-order valence-corrected chi connectivity index (χ2v) is 5.09. The number of carbonyl (C=O) groups is 1. The molecule has 0 spiro atoms. The first-order valence-corrected chi connectivity index (χ1v) is 7.14. The summed E-state index contributed by atoms with van der Waals surface area (Å²) in [6.45, 7) is -2.37. The summed E-state index contributed by atoms with van der Waals surface area (Å²) in [4.78, 5) is 11.5. The summed E-state index contributed by atoms with van der Waals surface area (Å²) in [6, 6.07) is 11.6. The Morgan fingerprint density at radius 2 is 1.96 bits per heavy atom. The molecule has 3 rings (SSSR count). The highest BCUT2D eigenvalue weighted by atomic mass is 19.3. The van der Waals surface area contributed by atoms with Crippen LogP contribution in [-0.4, -0.2) is 29.5 Å². The normalized spacial score (nSPS) is 11.0. The number of benzene rings is 2. The summed E-state index contributed by atoms with van der Waals surface area (Å²) in [6.07, 6.45) is 1.66. The van der Waals surface area contributed by atoms with Crippen LogP contribution in [0.4, 0.5) is 8.78 Å². The summed E-state index contributed by atoms with van der Waals surface area (Å²) < 4.78 is 35.1. The van der Waals surface area contributed by atoms with E-state index in [0.717, 1.165) is 16.5 Å². The number of rotatable bonds is 5. The van der Waals surface area contributed by atoms with Crippen molar-refractivity contribution in [2.75, 3.05) is 7.11 Å². The number of hydrogen-bond acceptors (Lipinski definition) is 4. The second-order valence-electron chi connectivity index (χ2n) is 5.09. The molecule has 0 N–H and O–H groups in total. The highest BCUT2D eigenvalue weighted by Crippen LogP contribution is 2.19. The van der Waals surface area contributed by atoms with Crippen molar-refractivity contribution >= 4 is 16.9 Å². The van der Waals surface area contributed by atoms with Crippen molar-refractivity contribution in [3.8, 4) is 5.75 Å². The summed E-state index contributed by atoms with van der Waals surface area (Å²) in [5.74, 6) is -0.291. The number of methoxy groups -OCH3 is 1. The molecule has 0 saturated carbocycles. The maximum absolute atomic E-state index is 12.1. The Balaban J connectivity index is 1.81. The minimum absolute atomic E-state index is 0.113. The predicted octanol–water partition coefficient (Wildman–Crippen LogP) is 3.47. The van der Waals surface area contributed by atoms with Crippen LogP contribution in [0.25, 0.3) is 10.9 Å². The Hall–Kier alpha value is -2.96. The van der Waals surface area contributed by atoms with Crippen molar-refractivity contribution in [2.45, 2.75) is 13.2 Å². The minimum Gasteiger partial charge on any atom is -0.465 e. The molecule has 0 unspecified atom stereocenters. The van der Waals surface area contributed by atoms with E-state index in [0.29, 0.717) is 12.1 Å². The maximum atomic E-state index is 12.1. The maximum Gasteiger partial charge on any atom is 0.387 e. The first-order chi connectivity index (χ1) is 11.6. The van der Waals surface area contributed by atoms with Crippen molar-refractivity contribution in [1.82, 2.24) is 9.78 Å². The van der Waals surface area contributed by atoms with Crippen LogP contribution in [0.15, 0.2) is 48.7 Å². The molecule has 3 aromatic rings. The molecular weight excluding hydrogens is 318 g/mol. The highest BCUT2D eigenvalue weighted by Gasteiger charge is 2.10. The third kappa shape index (κ3) is 3.34. The van der Waals surface area contributed by atoms with E-state index < -0.39 is 12.6 Å². The van der Waals surface area contributed by atoms with Gasteiger partial charge in [-0.2, -0.15) is 13.9 Å². The zero-order chi connectivity index (χ0) is 17.1. The van der Waals surface area contributed by atoms with Gasteiger partial charge in [-0.25, -0.2) is 4.79 Å². The molecule has 2 aromatic carbocycles. The van der Waals surface area contributed by atoms with Crippen LogP contribution < -0.4 is 4.74 Å². The van der Waals surface area contributed by atoms with Crippen LogP contribution in [0.5, 0.6) is 5.75 Å². The van der Waals surface area contributed by atoms with E-state index in [2.05, 4.69) is 9.84 Å². The summed E-state index contributed by atoms with van der Waals surface area (Å²) in [7, 11) is 1.33. The third-order valence-corrected chi connectivity index (χ3v) is 3.54. The molecule has 0 atom stereocenters. The Morgan fingerprint density at radius 3 is 2.62 bits per heavy atom. The molecule has 124 valence electrons. The number of hydrogen-bond donors (Lipinski definition) is 0. The van der Waals surface area contributed by atoms with Gasteiger partial charge in [0, 0.05) is 5.39 Å². The SMILES string of the molecule is COC(=O)c1ccc2c(cnn2Cc2ccc(OC(F)F)cc2)c1. The zero-order valence-corrected chi connectivity index (χ0v) is 12.8. The van der Waals surface area contributed by atoms with Crippen LogP contribution in [0.3, 0.4) is 0 Å². The average molecular weight is 332 g/mol. The lowest BCUT2D eigenvalue weighted by Crippen LogP contribution is -2.04. The monoisotopic (exact) mass is 332 g/mol. The number of carbonyl (C=O) groups excluding carboxylic acids is 1. The van der Waals surface area contributed by atoms with Gasteiger partial charge in [-0.15, -0.1) is 0 Å². The van der Waals surface area contributed by atoms with Gasteiger partial charge in [0.2, 0.25) is 0 Å². The molecular formula is C17H14F2N2O3. The first kappa shape index (κ1) is 15.9. The van der Waals surface area contributed by atoms with Gasteiger partial charge >= 0.3 is 12.6 Å². The molecule has 0 bridgehead atoms. The molecule has 24 heavy (non-hydrogen) atoms. The number of esters is 1. The number of halogens is 2. The lowest BCUT2D eigenvalue weighted by Gasteiger charge is -2.07. The Labute approximate surface area is 136 Å². The molecule has 0 aliphatic rings. The second kappa shape index (κ2) is 6.66. The van der Waals surface area contributed by atoms with E-state index in [9.17, 15) is 13.6 Å². The molecule has 5 nitrogen and oxygen atoms in total. The van der Waals surface area contributed by atoms with Crippen LogP contribution in [0, 0.1) is 0 Å². The Morgan fingerprint density at radius 1 is 1.21 bits per heavy atom. The van der Waals surface area contributed by atoms with Gasteiger partial charge in [-0.3, -0.25) is 4.68 Å². The molecule has 0 fully saturated rings. The fraction of sp³-hybridized carbons (Fsp3) is 0.176. The van der Waals surface area contributed by atoms with Crippen LogP contribution in [-0.2, 0) is 11.3 Å². The van der Waals surface area contributed by atoms with Gasteiger partial charge in [-0.1, -0.05) is 12.1 Å². The highest BCUT2D eigenvalue weighted by molar-refractivity contribution is 5.94. The van der Waals surface area contributed by atoms with Crippen LogP contribution >= 0.6 is 0 Å². The minimum atomic E-state index is -2.84. The summed E-state index contributed by atoms with van der Waals surface area (Å²) >= 11 is 0. The lowest BCUT2D eigenvalue weighted by atomic mass is 10.1. The molecule has 1 heterocycles. The average Bonchev–Trinajstić information content (AvgIpc) is 2.97. The fourth-order valence-electron chi connectivity index (χ4n) is 2.41. The quantitative estimate of drug-likeness (QED) is 0.671. The standard InChI is InChI=1S/C17H14F2N2O3/c1-23-16(22)12-4-7-15-13(8-12)9-20-21(15)10-11-2-5-14(6-3-11)24-17(18)19/h2-9,17H,10H2,1H3. The van der Waals surface area contributed by atoms with E-state index in [4.69, 9.17) is 4.74 Å². The molecule has 0 radical (unpaired) electrons. The number of fused-ring (bicyclic) bond motifs is 1. The van der Waals surface area contributed by atoms with E-state index in [1.165, 1.54) is 19.2 Å². The smallest absolute Gasteiger partial charge is 0.387 e. The van der Waals surface area contributed by atoms with E-state index in [1.54, 1.807) is 41.2 Å². The zero-order valence-electron chi connectivity index (χ0n) is 12.8. The van der Waals surface area contributed by atoms with Crippen LogP contribution in [0.1, 0.15) is 15.9 Å². The predicted molar refractivity (Wildman–Crippen MR) is 83.2 cm³/mol. The molecule has 1 aromatic heterocycles. The molecule has 7 heteroatoms. The number of ether oxygens (including phenoxy) is 2. The summed E-state index contributed by atoms with van der Waals surface area (Å²) in [5, 5.41) is 5.12. The van der Waals surface area contributed by atoms with E-state index in [-0.39, 0.29) is 5.75 Å². The van der Waals surface area contributed by atoms with Gasteiger partial charge in [0.1, 0.15) is 5.75 Å². The molecule has 0 saturated heterocycles. The van der Waals surface area contributed by atoms with Gasteiger partial charge in [-0.05, 0) is 35.9 Å². The van der Waals surface area contributed by atoms with Crippen molar-refractivity contribution in [3.05, 3.63) is 59.8 Å². The van der Waals surface area contributed by atoms with Crippen molar-refractivity contribution < 1.29 is 23.0 Å². The van der Waals surface area contributed by atoms with Crippen molar-refractivity contribution in [1.29, 1.82) is 0 Å². The summed E-state index contributed by atoms with van der Waals surface area (Å²) in [5.41, 5.74) is 2.20. The molecule has 0 aliphatic carbocycles. The largest absolute Gasteiger partial charge is 0.465 e. The van der Waals surface area contributed by atoms with Gasteiger partial charge in [0.15, 0.2) is 0 Å². The Kier molecular flexibility index (Phi) is 4.41. The van der Waals surface area contributed by atoms with Crippen molar-refractivity contribution in [3.63, 3.8) is 0 Å². The topological polar surface area (TPSA) is 53.3 Å². The Bertz CT molecular complexity index is 860. The number of alkyl halides is 2. The van der Waals surface area contributed by atoms with Crippen molar-refractivity contribution in [2.24, 2.45) is 0 Å². The first-order valence-electron chi connectivity index (χ1n) is 7.14. The van der Waals surface area contributed by atoms with Gasteiger partial charge in [0.05, 0.1) is 30.9 Å². The fourth-order valence-corrected chi connectivity index (χ4v) is 2.41. The lowest BCUT2D eigenvalue weighted by molar-refractivity contribution is -0.0498. The number of nitrogens with zero attached hydrogens (tertiary/aromatic N) is 2. The van der Waals surface area contributed by atoms with E-state index >= 15 is 0 Å². The van der Waals surface area contributed by atoms with E-state index in [1.807, 2.05) is 0 Å². The van der Waals surface area contributed by atoms with Gasteiger partial charge in [0.25, 0.3) is 0 Å². The third-order valence-electron chi connectivity index (χ3n) is 3.54. The molecule has 0 amide bonds. The molecule has 0 aliphatic heterocycles. The number of aromatic nitrogens is 2. The van der Waals surface area contributed by atoms with Crippen LogP contribution in [0.2, 0.25) is 0 Å².